The van der Waals surface area contributed by atoms with Gasteiger partial charge in [0.25, 0.3) is 0 Å². The zero-order valence-electron chi connectivity index (χ0n) is 5.03. The van der Waals surface area contributed by atoms with Crippen LogP contribution in [0.3, 0.4) is 0 Å². The Morgan fingerprint density at radius 1 is 1.80 bits per heavy atom. The summed E-state index contributed by atoms with van der Waals surface area (Å²) in [4.78, 5) is 13.7. The minimum atomic E-state index is -1.08. The van der Waals surface area contributed by atoms with Crippen molar-refractivity contribution in [3.05, 3.63) is 23.9 Å². The summed E-state index contributed by atoms with van der Waals surface area (Å²) in [5.74, 6) is -0.986. The number of anilines is 1. The first kappa shape index (κ1) is 6.54. The molecular formula is C6H5N2O2. The number of aromatic nitrogens is 1. The van der Waals surface area contributed by atoms with E-state index in [4.69, 9.17) is 10.8 Å². The highest BCUT2D eigenvalue weighted by molar-refractivity contribution is 5.85. The third-order valence-corrected chi connectivity index (χ3v) is 0.932. The van der Waals surface area contributed by atoms with Gasteiger partial charge in [0.15, 0.2) is 5.69 Å². The van der Waals surface area contributed by atoms with Crippen molar-refractivity contribution in [2.75, 3.05) is 5.73 Å². The van der Waals surface area contributed by atoms with Crippen LogP contribution in [0.15, 0.2) is 12.1 Å². The maximum Gasteiger partial charge on any atom is 0.354 e. The highest BCUT2D eigenvalue weighted by atomic mass is 16.4. The molecule has 10 heavy (non-hydrogen) atoms. The number of nitrogens with zero attached hydrogens (tertiary/aromatic N) is 1. The molecule has 0 unspecified atom stereocenters. The van der Waals surface area contributed by atoms with Crippen LogP contribution in [0.5, 0.6) is 0 Å². The molecule has 0 spiro atoms. The monoisotopic (exact) mass is 137 g/mol. The number of aromatic carboxylic acids is 1. The molecule has 1 rings (SSSR count). The van der Waals surface area contributed by atoms with Crippen molar-refractivity contribution < 1.29 is 9.90 Å². The number of carbonyl (C=O) groups is 1. The van der Waals surface area contributed by atoms with Crippen LogP contribution in [0, 0.1) is 6.07 Å². The second kappa shape index (κ2) is 2.34. The van der Waals surface area contributed by atoms with E-state index in [1.165, 1.54) is 12.1 Å². The summed E-state index contributed by atoms with van der Waals surface area (Å²) >= 11 is 0. The first-order valence-electron chi connectivity index (χ1n) is 2.57. The SMILES string of the molecule is Nc1[c]ccc(C(=O)O)n1. The quantitative estimate of drug-likeness (QED) is 0.578. The van der Waals surface area contributed by atoms with E-state index in [1.54, 1.807) is 0 Å². The molecule has 1 heterocycles. The van der Waals surface area contributed by atoms with Crippen LogP contribution in [0.25, 0.3) is 0 Å². The molecule has 0 fully saturated rings. The average molecular weight is 137 g/mol. The molecule has 0 atom stereocenters. The molecule has 1 radical (unpaired) electrons. The summed E-state index contributed by atoms with van der Waals surface area (Å²) < 4.78 is 0. The van der Waals surface area contributed by atoms with Crippen molar-refractivity contribution in [3.63, 3.8) is 0 Å². The molecule has 0 saturated carbocycles. The lowest BCUT2D eigenvalue weighted by Gasteiger charge is -1.92. The molecule has 4 nitrogen and oxygen atoms in total. The Hall–Kier alpha value is -1.58. The highest BCUT2D eigenvalue weighted by Crippen LogP contribution is 1.98. The van der Waals surface area contributed by atoms with Gasteiger partial charge in [0.2, 0.25) is 0 Å². The van der Waals surface area contributed by atoms with Crippen LogP contribution < -0.4 is 5.73 Å². The molecule has 4 heteroatoms. The first-order valence-corrected chi connectivity index (χ1v) is 2.57. The fourth-order valence-electron chi connectivity index (χ4n) is 0.524. The van der Waals surface area contributed by atoms with Crippen molar-refractivity contribution in [2.24, 2.45) is 0 Å². The van der Waals surface area contributed by atoms with Crippen LogP contribution in [0.4, 0.5) is 5.82 Å². The fourth-order valence-corrected chi connectivity index (χ4v) is 0.524. The fraction of sp³-hybridized carbons (Fsp3) is 0. The number of carboxylic acids is 1. The van der Waals surface area contributed by atoms with Crippen molar-refractivity contribution in [3.8, 4) is 0 Å². The Morgan fingerprint density at radius 3 is 2.90 bits per heavy atom. The number of nitrogens with two attached hydrogens (primary N) is 1. The molecular weight excluding hydrogens is 132 g/mol. The van der Waals surface area contributed by atoms with Gasteiger partial charge < -0.3 is 10.8 Å². The van der Waals surface area contributed by atoms with Gasteiger partial charge in [0.1, 0.15) is 5.82 Å². The molecule has 0 bridgehead atoms. The summed E-state index contributed by atoms with van der Waals surface area (Å²) in [6.45, 7) is 0. The normalized spacial score (nSPS) is 9.20. The van der Waals surface area contributed by atoms with Crippen LogP contribution in [0.2, 0.25) is 0 Å². The maximum atomic E-state index is 10.2. The summed E-state index contributed by atoms with van der Waals surface area (Å²) in [6.07, 6.45) is 0. The number of rotatable bonds is 1. The number of pyridine rings is 1. The molecule has 0 saturated heterocycles. The van der Waals surface area contributed by atoms with E-state index in [9.17, 15) is 4.79 Å². The molecule has 0 aliphatic heterocycles. The molecule has 51 valence electrons. The van der Waals surface area contributed by atoms with E-state index in [-0.39, 0.29) is 11.5 Å². The highest BCUT2D eigenvalue weighted by Gasteiger charge is 2.02. The van der Waals surface area contributed by atoms with E-state index >= 15 is 0 Å². The van der Waals surface area contributed by atoms with Gasteiger partial charge in [-0.15, -0.1) is 0 Å². The summed E-state index contributed by atoms with van der Waals surface area (Å²) in [5, 5.41) is 8.38. The van der Waals surface area contributed by atoms with Crippen LogP contribution >= 0.6 is 0 Å². The van der Waals surface area contributed by atoms with Crippen molar-refractivity contribution in [2.45, 2.75) is 0 Å². The van der Waals surface area contributed by atoms with Gasteiger partial charge in [-0.2, -0.15) is 0 Å². The predicted molar refractivity (Wildman–Crippen MR) is 34.4 cm³/mol. The Bertz CT molecular complexity index is 260. The van der Waals surface area contributed by atoms with E-state index in [0.29, 0.717) is 0 Å². The third kappa shape index (κ3) is 1.22. The van der Waals surface area contributed by atoms with Crippen molar-refractivity contribution in [1.82, 2.24) is 4.98 Å². The van der Waals surface area contributed by atoms with Crippen molar-refractivity contribution in [1.29, 1.82) is 0 Å². The second-order valence-corrected chi connectivity index (χ2v) is 1.67. The van der Waals surface area contributed by atoms with Gasteiger partial charge in [0, 0.05) is 6.07 Å². The number of hydrogen-bond acceptors (Lipinski definition) is 3. The Morgan fingerprint density at radius 2 is 2.50 bits per heavy atom. The lowest BCUT2D eigenvalue weighted by atomic mass is 10.3. The zero-order valence-corrected chi connectivity index (χ0v) is 5.03. The van der Waals surface area contributed by atoms with Crippen LogP contribution in [0.1, 0.15) is 10.5 Å². The standard InChI is InChI=1S/C6H5N2O2/c7-5-3-1-2-4(8-5)6(9)10/h1-2H,(H2,7,8)(H,9,10). The Labute approximate surface area is 57.3 Å². The first-order chi connectivity index (χ1) is 4.70. The summed E-state index contributed by atoms with van der Waals surface area (Å²) in [5.41, 5.74) is 5.11. The summed E-state index contributed by atoms with van der Waals surface area (Å²) in [6, 6.07) is 5.28. The number of hydrogen-bond donors (Lipinski definition) is 2. The zero-order chi connectivity index (χ0) is 7.56. The van der Waals surface area contributed by atoms with Gasteiger partial charge in [-0.1, -0.05) is 0 Å². The molecule has 1 aromatic rings. The lowest BCUT2D eigenvalue weighted by molar-refractivity contribution is 0.0690. The number of nitrogen functional groups attached to an aromatic ring is 1. The lowest BCUT2D eigenvalue weighted by Crippen LogP contribution is -2.01. The van der Waals surface area contributed by atoms with E-state index in [0.717, 1.165) is 0 Å². The Kier molecular flexibility index (Phi) is 1.53. The third-order valence-electron chi connectivity index (χ3n) is 0.932. The average Bonchev–Trinajstić information content (AvgIpc) is 1.88. The second-order valence-electron chi connectivity index (χ2n) is 1.67. The molecule has 3 N–H and O–H groups in total. The van der Waals surface area contributed by atoms with Crippen LogP contribution in [-0.2, 0) is 0 Å². The van der Waals surface area contributed by atoms with Gasteiger partial charge >= 0.3 is 5.97 Å². The van der Waals surface area contributed by atoms with E-state index in [2.05, 4.69) is 11.1 Å². The van der Waals surface area contributed by atoms with Gasteiger partial charge in [-0.25, -0.2) is 9.78 Å². The summed E-state index contributed by atoms with van der Waals surface area (Å²) in [7, 11) is 0. The maximum absolute atomic E-state index is 10.2. The van der Waals surface area contributed by atoms with E-state index < -0.39 is 5.97 Å². The molecule has 1 aromatic heterocycles. The molecule has 0 aromatic carbocycles. The minimum absolute atomic E-state index is 0.0590. The van der Waals surface area contributed by atoms with Crippen LogP contribution in [-0.4, -0.2) is 16.1 Å². The van der Waals surface area contributed by atoms with Gasteiger partial charge in [-0.05, 0) is 12.1 Å². The predicted octanol–water partition coefficient (Wildman–Crippen LogP) is 0.162. The van der Waals surface area contributed by atoms with Crippen molar-refractivity contribution >= 4 is 11.8 Å². The molecule has 0 aliphatic rings. The minimum Gasteiger partial charge on any atom is -0.477 e. The topological polar surface area (TPSA) is 76.2 Å². The van der Waals surface area contributed by atoms with Gasteiger partial charge in [-0.3, -0.25) is 0 Å². The van der Waals surface area contributed by atoms with Gasteiger partial charge in [0.05, 0.1) is 0 Å². The Balaban J connectivity index is 3.07. The largest absolute Gasteiger partial charge is 0.477 e. The van der Waals surface area contributed by atoms with E-state index in [1.807, 2.05) is 0 Å². The molecule has 0 amide bonds. The number of carboxylic acid groups (broad SMARTS) is 1. The smallest absolute Gasteiger partial charge is 0.354 e. The molecule has 0 aliphatic carbocycles.